The molecular weight excluding hydrogens is 286 g/mol. The van der Waals surface area contributed by atoms with Gasteiger partial charge in [-0.3, -0.25) is 4.79 Å². The normalized spacial score (nSPS) is 11.0. The maximum Gasteiger partial charge on any atom is 0.253 e. The first-order valence-corrected chi connectivity index (χ1v) is 7.79. The van der Waals surface area contributed by atoms with Crippen LogP contribution >= 0.6 is 11.6 Å². The van der Waals surface area contributed by atoms with Crippen LogP contribution in [0.15, 0.2) is 18.2 Å². The maximum atomic E-state index is 12.2. The van der Waals surface area contributed by atoms with Crippen molar-refractivity contribution in [3.8, 4) is 0 Å². The molecule has 0 aliphatic heterocycles. The molecule has 21 heavy (non-hydrogen) atoms. The molecule has 0 radical (unpaired) electrons. The lowest BCUT2D eigenvalue weighted by atomic mass is 10.1. The number of hydrogen-bond donors (Lipinski definition) is 2. The number of hydrogen-bond acceptors (Lipinski definition) is 3. The lowest BCUT2D eigenvalue weighted by molar-refractivity contribution is 0.0953. The Balaban J connectivity index is 2.39. The van der Waals surface area contributed by atoms with Gasteiger partial charge >= 0.3 is 0 Å². The van der Waals surface area contributed by atoms with Gasteiger partial charge in [-0.1, -0.05) is 11.6 Å². The number of rotatable bonds is 8. The van der Waals surface area contributed by atoms with E-state index in [-0.39, 0.29) is 5.91 Å². The Morgan fingerprint density at radius 3 is 2.67 bits per heavy atom. The van der Waals surface area contributed by atoms with Gasteiger partial charge in [0.25, 0.3) is 5.91 Å². The van der Waals surface area contributed by atoms with Crippen LogP contribution in [0.4, 0.5) is 5.69 Å². The Labute approximate surface area is 132 Å². The van der Waals surface area contributed by atoms with E-state index >= 15 is 0 Å². The van der Waals surface area contributed by atoms with E-state index in [1.54, 1.807) is 19.2 Å². The zero-order valence-electron chi connectivity index (χ0n) is 13.4. The van der Waals surface area contributed by atoms with Gasteiger partial charge in [0.1, 0.15) is 0 Å². The molecule has 1 aromatic carbocycles. The summed E-state index contributed by atoms with van der Waals surface area (Å²) in [6.07, 6.45) is 2.04. The summed E-state index contributed by atoms with van der Waals surface area (Å²) >= 11 is 5.95. The summed E-state index contributed by atoms with van der Waals surface area (Å²) in [5, 5.41) is 6.52. The highest BCUT2D eigenvalue weighted by atomic mass is 35.5. The summed E-state index contributed by atoms with van der Waals surface area (Å²) in [6.45, 7) is 6.09. The van der Waals surface area contributed by atoms with E-state index < -0.39 is 0 Å². The van der Waals surface area contributed by atoms with Gasteiger partial charge < -0.3 is 15.5 Å². The van der Waals surface area contributed by atoms with E-state index in [0.717, 1.165) is 25.1 Å². The molecule has 0 aliphatic carbocycles. The average molecular weight is 312 g/mol. The fraction of sp³-hybridized carbons (Fsp3) is 0.562. The molecule has 0 aromatic heterocycles. The minimum absolute atomic E-state index is 0.0842. The van der Waals surface area contributed by atoms with E-state index in [0.29, 0.717) is 23.2 Å². The third-order valence-corrected chi connectivity index (χ3v) is 3.84. The second-order valence-corrected chi connectivity index (χ2v) is 5.91. The molecule has 1 rings (SSSR count). The first kappa shape index (κ1) is 17.8. The summed E-state index contributed by atoms with van der Waals surface area (Å²) < 4.78 is 0. The molecule has 2 N–H and O–H groups in total. The van der Waals surface area contributed by atoms with Crippen molar-refractivity contribution in [2.75, 3.05) is 32.5 Å². The van der Waals surface area contributed by atoms with Crippen LogP contribution in [0.3, 0.4) is 0 Å². The van der Waals surface area contributed by atoms with Gasteiger partial charge in [0.15, 0.2) is 0 Å². The molecule has 0 saturated heterocycles. The predicted octanol–water partition coefficient (Wildman–Crippen LogP) is 3.23. The Morgan fingerprint density at radius 2 is 2.05 bits per heavy atom. The second kappa shape index (κ2) is 8.90. The molecule has 1 amide bonds. The molecule has 118 valence electrons. The van der Waals surface area contributed by atoms with Gasteiger partial charge in [-0.05, 0) is 58.5 Å². The van der Waals surface area contributed by atoms with E-state index in [1.807, 2.05) is 6.07 Å². The Bertz CT molecular complexity index is 463. The Kier molecular flexibility index (Phi) is 7.54. The lowest BCUT2D eigenvalue weighted by Crippen LogP contribution is -2.29. The van der Waals surface area contributed by atoms with Gasteiger partial charge in [0.05, 0.1) is 5.56 Å². The molecule has 0 unspecified atom stereocenters. The third-order valence-electron chi connectivity index (χ3n) is 3.60. The number of halogens is 1. The fourth-order valence-corrected chi connectivity index (χ4v) is 2.14. The molecule has 4 nitrogen and oxygen atoms in total. The van der Waals surface area contributed by atoms with Gasteiger partial charge in [-0.15, -0.1) is 0 Å². The van der Waals surface area contributed by atoms with Crippen molar-refractivity contribution in [2.45, 2.75) is 32.7 Å². The third kappa shape index (κ3) is 5.94. The molecule has 0 fully saturated rings. The van der Waals surface area contributed by atoms with Crippen LogP contribution in [0.1, 0.15) is 37.0 Å². The predicted molar refractivity (Wildman–Crippen MR) is 90.3 cm³/mol. The molecule has 5 heteroatoms. The summed E-state index contributed by atoms with van der Waals surface area (Å²) in [5.74, 6) is -0.0842. The first-order chi connectivity index (χ1) is 9.95. The largest absolute Gasteiger partial charge is 0.387 e. The topological polar surface area (TPSA) is 44.4 Å². The summed E-state index contributed by atoms with van der Waals surface area (Å²) in [4.78, 5) is 14.5. The number of anilines is 1. The quantitative estimate of drug-likeness (QED) is 0.724. The molecule has 1 aromatic rings. The molecule has 0 aliphatic rings. The second-order valence-electron chi connectivity index (χ2n) is 5.48. The summed E-state index contributed by atoms with van der Waals surface area (Å²) in [6, 6.07) is 5.83. The van der Waals surface area contributed by atoms with Crippen LogP contribution in [0.25, 0.3) is 0 Å². The van der Waals surface area contributed by atoms with Gasteiger partial charge in [-0.25, -0.2) is 0 Å². The van der Waals surface area contributed by atoms with Crippen molar-refractivity contribution in [1.29, 1.82) is 0 Å². The number of unbranched alkanes of at least 4 members (excludes halogenated alkanes) is 1. The zero-order chi connectivity index (χ0) is 15.8. The van der Waals surface area contributed by atoms with Gasteiger partial charge in [-0.2, -0.15) is 0 Å². The standard InChI is InChI=1S/C16H26ClN3O/c1-12(2)20(4)10-6-5-9-19-16(21)14-11-13(17)7-8-15(14)18-3/h7-8,11-12,18H,5-6,9-10H2,1-4H3,(H,19,21). The van der Waals surface area contributed by atoms with Gasteiger partial charge in [0.2, 0.25) is 0 Å². The highest BCUT2D eigenvalue weighted by Crippen LogP contribution is 2.20. The Hall–Kier alpha value is -1.26. The average Bonchev–Trinajstić information content (AvgIpc) is 2.46. The van der Waals surface area contributed by atoms with Crippen LogP contribution in [-0.2, 0) is 0 Å². The van der Waals surface area contributed by atoms with Crippen molar-refractivity contribution in [3.05, 3.63) is 28.8 Å². The SMILES string of the molecule is CNc1ccc(Cl)cc1C(=O)NCCCCN(C)C(C)C. The van der Waals surface area contributed by atoms with Crippen LogP contribution < -0.4 is 10.6 Å². The first-order valence-electron chi connectivity index (χ1n) is 7.41. The summed E-state index contributed by atoms with van der Waals surface area (Å²) in [5.41, 5.74) is 1.38. The van der Waals surface area contributed by atoms with Crippen LogP contribution in [0.5, 0.6) is 0 Å². The molecule has 0 bridgehead atoms. The van der Waals surface area contributed by atoms with Gasteiger partial charge in [0, 0.05) is 30.3 Å². The Morgan fingerprint density at radius 1 is 1.33 bits per heavy atom. The van der Waals surface area contributed by atoms with Crippen LogP contribution in [0, 0.1) is 0 Å². The minimum Gasteiger partial charge on any atom is -0.387 e. The van der Waals surface area contributed by atoms with Crippen molar-refractivity contribution in [1.82, 2.24) is 10.2 Å². The maximum absolute atomic E-state index is 12.2. The molecule has 0 atom stereocenters. The van der Waals surface area contributed by atoms with E-state index in [9.17, 15) is 4.79 Å². The van der Waals surface area contributed by atoms with Crippen LogP contribution in [-0.4, -0.2) is 44.0 Å². The minimum atomic E-state index is -0.0842. The van der Waals surface area contributed by atoms with E-state index in [2.05, 4.69) is 36.4 Å². The number of nitrogens with zero attached hydrogens (tertiary/aromatic N) is 1. The number of carbonyl (C=O) groups excluding carboxylic acids is 1. The van der Waals surface area contributed by atoms with Crippen molar-refractivity contribution in [3.63, 3.8) is 0 Å². The number of nitrogens with one attached hydrogen (secondary N) is 2. The van der Waals surface area contributed by atoms with Crippen molar-refractivity contribution in [2.24, 2.45) is 0 Å². The molecule has 0 saturated carbocycles. The lowest BCUT2D eigenvalue weighted by Gasteiger charge is -2.20. The van der Waals surface area contributed by atoms with Crippen molar-refractivity contribution >= 4 is 23.2 Å². The molecule has 0 spiro atoms. The fourth-order valence-electron chi connectivity index (χ4n) is 1.96. The number of amides is 1. The van der Waals surface area contributed by atoms with E-state index in [1.165, 1.54) is 0 Å². The molecule has 0 heterocycles. The van der Waals surface area contributed by atoms with Crippen LogP contribution in [0.2, 0.25) is 5.02 Å². The smallest absolute Gasteiger partial charge is 0.253 e. The van der Waals surface area contributed by atoms with Crippen molar-refractivity contribution < 1.29 is 4.79 Å². The molecular formula is C16H26ClN3O. The highest BCUT2D eigenvalue weighted by molar-refractivity contribution is 6.31. The van der Waals surface area contributed by atoms with E-state index in [4.69, 9.17) is 11.6 Å². The zero-order valence-corrected chi connectivity index (χ0v) is 14.1. The summed E-state index contributed by atoms with van der Waals surface area (Å²) in [7, 11) is 3.91. The number of carbonyl (C=O) groups is 1. The highest BCUT2D eigenvalue weighted by Gasteiger charge is 2.11. The number of benzene rings is 1. The monoisotopic (exact) mass is 311 g/mol.